The van der Waals surface area contributed by atoms with Crippen molar-refractivity contribution in [2.24, 2.45) is 17.8 Å². The second kappa shape index (κ2) is 5.47. The third kappa shape index (κ3) is 2.64. The fourth-order valence-electron chi connectivity index (χ4n) is 3.95. The van der Waals surface area contributed by atoms with Gasteiger partial charge in [0.2, 0.25) is 5.91 Å². The van der Waals surface area contributed by atoms with Crippen molar-refractivity contribution >= 4 is 11.9 Å². The van der Waals surface area contributed by atoms with Crippen molar-refractivity contribution < 1.29 is 14.7 Å². The fraction of sp³-hybridized carbons (Fsp3) is 0.562. The van der Waals surface area contributed by atoms with E-state index in [0.29, 0.717) is 5.92 Å². The van der Waals surface area contributed by atoms with Crippen molar-refractivity contribution in [2.45, 2.75) is 38.6 Å². The van der Waals surface area contributed by atoms with Gasteiger partial charge in [0, 0.05) is 12.2 Å². The van der Waals surface area contributed by atoms with Crippen molar-refractivity contribution in [1.82, 2.24) is 10.3 Å². The monoisotopic (exact) mass is 288 g/mol. The van der Waals surface area contributed by atoms with E-state index < -0.39 is 11.9 Å². The first-order chi connectivity index (χ1) is 10.1. The number of pyridine rings is 1. The van der Waals surface area contributed by atoms with E-state index in [1.54, 1.807) is 6.20 Å². The molecule has 4 atom stereocenters. The molecule has 0 radical (unpaired) electrons. The molecular weight excluding hydrogens is 268 g/mol. The van der Waals surface area contributed by atoms with Crippen LogP contribution in [0, 0.1) is 24.7 Å². The molecule has 1 aromatic rings. The zero-order valence-electron chi connectivity index (χ0n) is 12.1. The van der Waals surface area contributed by atoms with Gasteiger partial charge in [0.25, 0.3) is 0 Å². The van der Waals surface area contributed by atoms with E-state index in [2.05, 4.69) is 10.3 Å². The summed E-state index contributed by atoms with van der Waals surface area (Å²) in [5.41, 5.74) is 1.74. The zero-order valence-corrected chi connectivity index (χ0v) is 12.1. The predicted molar refractivity (Wildman–Crippen MR) is 76.6 cm³/mol. The van der Waals surface area contributed by atoms with Gasteiger partial charge in [0.05, 0.1) is 18.0 Å². The van der Waals surface area contributed by atoms with Crippen molar-refractivity contribution in [3.63, 3.8) is 0 Å². The lowest BCUT2D eigenvalue weighted by Gasteiger charge is -2.28. The van der Waals surface area contributed by atoms with E-state index >= 15 is 0 Å². The number of nitrogens with zero attached hydrogens (tertiary/aromatic N) is 1. The minimum atomic E-state index is -0.776. The molecule has 0 aromatic carbocycles. The summed E-state index contributed by atoms with van der Waals surface area (Å²) in [5.74, 6) is -0.765. The van der Waals surface area contributed by atoms with Gasteiger partial charge >= 0.3 is 5.97 Å². The first-order valence-electron chi connectivity index (χ1n) is 7.49. The Balaban J connectivity index is 1.67. The van der Waals surface area contributed by atoms with Crippen LogP contribution in [0.5, 0.6) is 0 Å². The van der Waals surface area contributed by atoms with E-state index in [1.165, 1.54) is 0 Å². The van der Waals surface area contributed by atoms with Gasteiger partial charge in [-0.15, -0.1) is 0 Å². The number of carbonyl (C=O) groups excluding carboxylic acids is 1. The summed E-state index contributed by atoms with van der Waals surface area (Å²) >= 11 is 0. The minimum Gasteiger partial charge on any atom is -0.481 e. The molecule has 2 aliphatic rings. The Hall–Kier alpha value is -1.91. The Bertz CT molecular complexity index is 572. The SMILES string of the molecule is Cc1cccnc1CC(=O)NC1C2CCC(C2)C1C(=O)O. The first kappa shape index (κ1) is 14.0. The van der Waals surface area contributed by atoms with Crippen LogP contribution in [0.2, 0.25) is 0 Å². The maximum Gasteiger partial charge on any atom is 0.308 e. The van der Waals surface area contributed by atoms with Crippen LogP contribution in [-0.4, -0.2) is 28.0 Å². The molecule has 2 saturated carbocycles. The summed E-state index contributed by atoms with van der Waals surface area (Å²) in [7, 11) is 0. The van der Waals surface area contributed by atoms with Crippen molar-refractivity contribution in [1.29, 1.82) is 0 Å². The van der Waals surface area contributed by atoms with Crippen LogP contribution in [0.1, 0.15) is 30.5 Å². The number of aromatic nitrogens is 1. The summed E-state index contributed by atoms with van der Waals surface area (Å²) in [6.07, 6.45) is 4.83. The highest BCUT2D eigenvalue weighted by atomic mass is 16.4. The molecule has 0 spiro atoms. The quantitative estimate of drug-likeness (QED) is 0.881. The summed E-state index contributed by atoms with van der Waals surface area (Å²) in [6.45, 7) is 1.92. The number of hydrogen-bond donors (Lipinski definition) is 2. The number of carboxylic acids is 1. The lowest BCUT2D eigenvalue weighted by atomic mass is 9.84. The molecule has 0 saturated heterocycles. The predicted octanol–water partition coefficient (Wildman–Crippen LogP) is 1.55. The molecule has 2 fully saturated rings. The van der Waals surface area contributed by atoms with Gasteiger partial charge in [-0.3, -0.25) is 14.6 Å². The van der Waals surface area contributed by atoms with Gasteiger partial charge in [0.1, 0.15) is 0 Å². The Morgan fingerprint density at radius 2 is 2.14 bits per heavy atom. The van der Waals surface area contributed by atoms with E-state index in [4.69, 9.17) is 0 Å². The fourth-order valence-corrected chi connectivity index (χ4v) is 3.95. The Morgan fingerprint density at radius 3 is 2.86 bits per heavy atom. The number of fused-ring (bicyclic) bond motifs is 2. The van der Waals surface area contributed by atoms with Crippen molar-refractivity contribution in [3.8, 4) is 0 Å². The van der Waals surface area contributed by atoms with Gasteiger partial charge in [-0.05, 0) is 49.7 Å². The van der Waals surface area contributed by atoms with Gasteiger partial charge in [-0.25, -0.2) is 0 Å². The van der Waals surface area contributed by atoms with Crippen molar-refractivity contribution in [3.05, 3.63) is 29.6 Å². The average Bonchev–Trinajstić information content (AvgIpc) is 3.02. The van der Waals surface area contributed by atoms with Crippen LogP contribution in [-0.2, 0) is 16.0 Å². The molecule has 5 nitrogen and oxygen atoms in total. The largest absolute Gasteiger partial charge is 0.481 e. The summed E-state index contributed by atoms with van der Waals surface area (Å²) in [6, 6.07) is 3.55. The van der Waals surface area contributed by atoms with Crippen LogP contribution in [0.3, 0.4) is 0 Å². The van der Waals surface area contributed by atoms with Gasteiger partial charge in [-0.1, -0.05) is 6.07 Å². The Kier molecular flexibility index (Phi) is 3.66. The van der Waals surface area contributed by atoms with Crippen LogP contribution in [0.25, 0.3) is 0 Å². The first-order valence-corrected chi connectivity index (χ1v) is 7.49. The highest BCUT2D eigenvalue weighted by Crippen LogP contribution is 2.48. The van der Waals surface area contributed by atoms with Gasteiger partial charge < -0.3 is 10.4 Å². The molecule has 2 bridgehead atoms. The summed E-state index contributed by atoms with van der Waals surface area (Å²) < 4.78 is 0. The number of amides is 1. The standard InChI is InChI=1S/C16H20N2O3/c1-9-3-2-6-17-12(9)8-13(19)18-15-11-5-4-10(7-11)14(15)16(20)21/h2-3,6,10-11,14-15H,4-5,7-8H2,1H3,(H,18,19)(H,20,21). The highest BCUT2D eigenvalue weighted by Gasteiger charge is 2.51. The molecule has 2 aliphatic carbocycles. The number of rotatable bonds is 4. The molecule has 0 aliphatic heterocycles. The van der Waals surface area contributed by atoms with E-state index in [0.717, 1.165) is 30.5 Å². The van der Waals surface area contributed by atoms with E-state index in [1.807, 2.05) is 19.1 Å². The molecule has 1 aromatic heterocycles. The maximum absolute atomic E-state index is 12.2. The lowest BCUT2D eigenvalue weighted by molar-refractivity contribution is -0.144. The maximum atomic E-state index is 12.2. The molecule has 5 heteroatoms. The molecule has 3 rings (SSSR count). The molecule has 112 valence electrons. The normalized spacial score (nSPS) is 30.3. The zero-order chi connectivity index (χ0) is 15.0. The average molecular weight is 288 g/mol. The topological polar surface area (TPSA) is 79.3 Å². The van der Waals surface area contributed by atoms with Crippen LogP contribution in [0.4, 0.5) is 0 Å². The molecule has 21 heavy (non-hydrogen) atoms. The third-order valence-electron chi connectivity index (χ3n) is 4.98. The second-order valence-electron chi connectivity index (χ2n) is 6.23. The lowest BCUT2D eigenvalue weighted by Crippen LogP contribution is -2.47. The number of aliphatic carboxylic acids is 1. The minimum absolute atomic E-state index is 0.124. The summed E-state index contributed by atoms with van der Waals surface area (Å²) in [4.78, 5) is 27.9. The molecule has 1 heterocycles. The van der Waals surface area contributed by atoms with Crippen molar-refractivity contribution in [2.75, 3.05) is 0 Å². The second-order valence-corrected chi connectivity index (χ2v) is 6.23. The molecular formula is C16H20N2O3. The number of carboxylic acid groups (broad SMARTS) is 1. The third-order valence-corrected chi connectivity index (χ3v) is 4.98. The highest BCUT2D eigenvalue weighted by molar-refractivity contribution is 5.80. The Morgan fingerprint density at radius 1 is 1.38 bits per heavy atom. The summed E-state index contributed by atoms with van der Waals surface area (Å²) in [5, 5.41) is 12.3. The smallest absolute Gasteiger partial charge is 0.308 e. The van der Waals surface area contributed by atoms with Gasteiger partial charge in [0.15, 0.2) is 0 Å². The van der Waals surface area contributed by atoms with E-state index in [9.17, 15) is 14.7 Å². The number of carbonyl (C=O) groups is 2. The van der Waals surface area contributed by atoms with Crippen LogP contribution < -0.4 is 5.32 Å². The molecule has 4 unspecified atom stereocenters. The van der Waals surface area contributed by atoms with Gasteiger partial charge in [-0.2, -0.15) is 0 Å². The van der Waals surface area contributed by atoms with Crippen LogP contribution >= 0.6 is 0 Å². The van der Waals surface area contributed by atoms with E-state index in [-0.39, 0.29) is 24.3 Å². The van der Waals surface area contributed by atoms with Crippen LogP contribution in [0.15, 0.2) is 18.3 Å². The molecule has 2 N–H and O–H groups in total. The Labute approximate surface area is 123 Å². The number of nitrogens with one attached hydrogen (secondary N) is 1. The molecule has 1 amide bonds. The number of aryl methyl sites for hydroxylation is 1. The number of hydrogen-bond acceptors (Lipinski definition) is 3.